The van der Waals surface area contributed by atoms with Crippen LogP contribution in [0.15, 0.2) is 42.5 Å². The Morgan fingerprint density at radius 1 is 0.913 bits per heavy atom. The molecule has 0 atom stereocenters. The minimum absolute atomic E-state index is 0.102. The van der Waals surface area contributed by atoms with Crippen molar-refractivity contribution in [2.45, 2.75) is 51.4 Å². The Bertz CT molecular complexity index is 775. The lowest BCUT2D eigenvalue weighted by Gasteiger charge is -2.42. The number of nitro benzene ring substituents is 1. The molecule has 0 unspecified atom stereocenters. The van der Waals surface area contributed by atoms with Gasteiger partial charge in [0.15, 0.2) is 0 Å². The van der Waals surface area contributed by atoms with E-state index in [0.29, 0.717) is 5.56 Å². The molecule has 0 fully saturated rings. The highest BCUT2D eigenvalue weighted by Gasteiger charge is 2.37. The number of nitrogens with zero attached hydrogens (tertiary/aromatic N) is 1. The van der Waals surface area contributed by atoms with Gasteiger partial charge in [-0.2, -0.15) is 0 Å². The van der Waals surface area contributed by atoms with Gasteiger partial charge in [0.1, 0.15) is 0 Å². The van der Waals surface area contributed by atoms with Crippen molar-refractivity contribution in [1.29, 1.82) is 0 Å². The van der Waals surface area contributed by atoms with Crippen molar-refractivity contribution in [2.24, 2.45) is 0 Å². The van der Waals surface area contributed by atoms with Crippen molar-refractivity contribution in [3.8, 4) is 11.1 Å². The van der Waals surface area contributed by atoms with Gasteiger partial charge in [-0.3, -0.25) is 10.1 Å². The molecule has 0 radical (unpaired) electrons. The second kappa shape index (κ2) is 5.19. The molecular weight excluding hydrogens is 286 g/mol. The lowest BCUT2D eigenvalue weighted by Crippen LogP contribution is -2.33. The molecular formula is C20H23NO2. The van der Waals surface area contributed by atoms with Crippen LogP contribution < -0.4 is 0 Å². The molecule has 0 spiro atoms. The molecule has 2 aromatic rings. The van der Waals surface area contributed by atoms with Crippen LogP contribution in [0.2, 0.25) is 0 Å². The van der Waals surface area contributed by atoms with Gasteiger partial charge >= 0.3 is 0 Å². The summed E-state index contributed by atoms with van der Waals surface area (Å²) in [5.41, 5.74) is 4.75. The van der Waals surface area contributed by atoms with Crippen LogP contribution >= 0.6 is 0 Å². The molecule has 3 rings (SSSR count). The first kappa shape index (κ1) is 15.7. The van der Waals surface area contributed by atoms with Crippen LogP contribution in [0.3, 0.4) is 0 Å². The van der Waals surface area contributed by atoms with E-state index in [2.05, 4.69) is 39.8 Å². The van der Waals surface area contributed by atoms with Crippen LogP contribution in [0.1, 0.15) is 51.7 Å². The van der Waals surface area contributed by atoms with Crippen molar-refractivity contribution in [3.05, 3.63) is 63.7 Å². The smallest absolute Gasteiger partial charge is 0.258 e. The van der Waals surface area contributed by atoms with Gasteiger partial charge in [0.2, 0.25) is 0 Å². The second-order valence-electron chi connectivity index (χ2n) is 7.80. The second-order valence-corrected chi connectivity index (χ2v) is 7.80. The number of benzene rings is 2. The van der Waals surface area contributed by atoms with Gasteiger partial charge in [0.25, 0.3) is 5.69 Å². The summed E-state index contributed by atoms with van der Waals surface area (Å²) in [6.45, 7) is 9.10. The normalized spacial score (nSPS) is 18.3. The molecule has 120 valence electrons. The van der Waals surface area contributed by atoms with Crippen LogP contribution in [0.4, 0.5) is 5.69 Å². The van der Waals surface area contributed by atoms with E-state index in [1.54, 1.807) is 12.1 Å². The monoisotopic (exact) mass is 309 g/mol. The third kappa shape index (κ3) is 2.65. The molecule has 0 saturated heterocycles. The third-order valence-electron chi connectivity index (χ3n) is 5.26. The number of nitro groups is 1. The van der Waals surface area contributed by atoms with Gasteiger partial charge in [-0.25, -0.2) is 0 Å². The maximum absolute atomic E-state index is 11.3. The number of hydrogen-bond acceptors (Lipinski definition) is 2. The average molecular weight is 309 g/mol. The number of hydrogen-bond donors (Lipinski definition) is 0. The number of fused-ring (bicyclic) bond motifs is 1. The first-order chi connectivity index (χ1) is 10.7. The predicted octanol–water partition coefficient (Wildman–Crippen LogP) is 5.61. The van der Waals surface area contributed by atoms with E-state index in [0.717, 1.165) is 18.4 Å². The molecule has 2 aromatic carbocycles. The van der Waals surface area contributed by atoms with Crippen molar-refractivity contribution in [2.75, 3.05) is 0 Å². The zero-order chi connectivity index (χ0) is 16.8. The molecule has 0 amide bonds. The number of rotatable bonds is 2. The summed E-state index contributed by atoms with van der Waals surface area (Å²) >= 11 is 0. The Balaban J connectivity index is 2.21. The molecule has 0 aromatic heterocycles. The summed E-state index contributed by atoms with van der Waals surface area (Å²) in [7, 11) is 0. The fourth-order valence-corrected chi connectivity index (χ4v) is 3.63. The Morgan fingerprint density at radius 2 is 1.52 bits per heavy atom. The van der Waals surface area contributed by atoms with Crippen molar-refractivity contribution < 1.29 is 4.92 Å². The van der Waals surface area contributed by atoms with E-state index in [-0.39, 0.29) is 21.4 Å². The molecule has 0 bridgehead atoms. The van der Waals surface area contributed by atoms with Crippen LogP contribution in [-0.2, 0) is 10.8 Å². The van der Waals surface area contributed by atoms with E-state index < -0.39 is 0 Å². The largest absolute Gasteiger partial charge is 0.277 e. The van der Waals surface area contributed by atoms with Crippen molar-refractivity contribution in [1.82, 2.24) is 0 Å². The summed E-state index contributed by atoms with van der Waals surface area (Å²) < 4.78 is 0. The van der Waals surface area contributed by atoms with E-state index in [1.165, 1.54) is 11.1 Å². The van der Waals surface area contributed by atoms with Gasteiger partial charge in [-0.05, 0) is 46.4 Å². The summed E-state index contributed by atoms with van der Waals surface area (Å²) in [6, 6.07) is 13.3. The summed E-state index contributed by atoms with van der Waals surface area (Å²) in [4.78, 5) is 11.0. The van der Waals surface area contributed by atoms with Crippen LogP contribution in [0, 0.1) is 10.1 Å². The zero-order valence-corrected chi connectivity index (χ0v) is 14.2. The van der Waals surface area contributed by atoms with E-state index >= 15 is 0 Å². The Labute approximate surface area is 137 Å². The van der Waals surface area contributed by atoms with Crippen molar-refractivity contribution in [3.63, 3.8) is 0 Å². The molecule has 23 heavy (non-hydrogen) atoms. The molecule has 0 aliphatic heterocycles. The third-order valence-corrected chi connectivity index (χ3v) is 5.26. The summed E-state index contributed by atoms with van der Waals surface area (Å²) in [5.74, 6) is 0. The van der Waals surface area contributed by atoms with Crippen LogP contribution in [0.25, 0.3) is 11.1 Å². The average Bonchev–Trinajstić information content (AvgIpc) is 2.51. The Morgan fingerprint density at radius 3 is 2.17 bits per heavy atom. The molecule has 1 aliphatic carbocycles. The van der Waals surface area contributed by atoms with Crippen LogP contribution in [0.5, 0.6) is 0 Å². The van der Waals surface area contributed by atoms with Gasteiger partial charge in [-0.15, -0.1) is 0 Å². The molecule has 3 nitrogen and oxygen atoms in total. The van der Waals surface area contributed by atoms with Gasteiger partial charge in [-0.1, -0.05) is 58.0 Å². The minimum atomic E-state index is -0.302. The lowest BCUT2D eigenvalue weighted by atomic mass is 9.63. The Kier molecular flexibility index (Phi) is 3.55. The highest BCUT2D eigenvalue weighted by atomic mass is 16.6. The number of para-hydroxylation sites is 1. The van der Waals surface area contributed by atoms with E-state index in [1.807, 2.05) is 18.2 Å². The molecule has 1 aliphatic rings. The van der Waals surface area contributed by atoms with Crippen LogP contribution in [-0.4, -0.2) is 4.92 Å². The maximum atomic E-state index is 11.3. The lowest BCUT2D eigenvalue weighted by molar-refractivity contribution is -0.384. The molecule has 3 heteroatoms. The van der Waals surface area contributed by atoms with Gasteiger partial charge < -0.3 is 0 Å². The fourth-order valence-electron chi connectivity index (χ4n) is 3.63. The summed E-state index contributed by atoms with van der Waals surface area (Å²) in [5, 5.41) is 11.3. The first-order valence-electron chi connectivity index (χ1n) is 8.11. The van der Waals surface area contributed by atoms with Crippen molar-refractivity contribution >= 4 is 5.69 Å². The first-order valence-corrected chi connectivity index (χ1v) is 8.11. The van der Waals surface area contributed by atoms with Gasteiger partial charge in [0, 0.05) is 6.07 Å². The highest BCUT2D eigenvalue weighted by molar-refractivity contribution is 5.74. The molecule has 0 N–H and O–H groups in total. The predicted molar refractivity (Wildman–Crippen MR) is 93.8 cm³/mol. The fraction of sp³-hybridized carbons (Fsp3) is 0.400. The topological polar surface area (TPSA) is 43.1 Å². The molecule has 0 heterocycles. The zero-order valence-electron chi connectivity index (χ0n) is 14.2. The standard InChI is InChI=1S/C20H23NO2/c1-19(2)11-12-20(3,4)17-13-14(9-10-16(17)19)15-7-5-6-8-18(15)21(22)23/h5-10,13H,11-12H2,1-4H3. The minimum Gasteiger partial charge on any atom is -0.258 e. The highest BCUT2D eigenvalue weighted by Crippen LogP contribution is 2.47. The van der Waals surface area contributed by atoms with E-state index in [4.69, 9.17) is 0 Å². The SMILES string of the molecule is CC1(C)CCC(C)(C)c2cc(-c3ccccc3[N+](=O)[O-])ccc21. The molecule has 0 saturated carbocycles. The Hall–Kier alpha value is -2.16. The van der Waals surface area contributed by atoms with Gasteiger partial charge in [0.05, 0.1) is 10.5 Å². The maximum Gasteiger partial charge on any atom is 0.277 e. The van der Waals surface area contributed by atoms with E-state index in [9.17, 15) is 10.1 Å². The summed E-state index contributed by atoms with van der Waals surface area (Å²) in [6.07, 6.45) is 2.30. The quantitative estimate of drug-likeness (QED) is 0.534.